The summed E-state index contributed by atoms with van der Waals surface area (Å²) in [6, 6.07) is 0. The molecule has 0 atom stereocenters. The van der Waals surface area contributed by atoms with Gasteiger partial charge < -0.3 is 5.32 Å². The zero-order chi connectivity index (χ0) is 8.97. The summed E-state index contributed by atoms with van der Waals surface area (Å²) in [4.78, 5) is 0. The minimum Gasteiger partial charge on any atom is -0.319 e. The Kier molecular flexibility index (Phi) is 3.56. The molecule has 1 rings (SSSR count). The lowest BCUT2D eigenvalue weighted by Gasteiger charge is -2.04. The summed E-state index contributed by atoms with van der Waals surface area (Å²) < 4.78 is 1.93. The molecule has 12 heavy (non-hydrogen) atoms. The standard InChI is InChI=1S/C8H14ClN3/c1-3-12-8(4-5-10-2)7(9)6-11-12/h6,10H,3-5H2,1-2H3. The van der Waals surface area contributed by atoms with Crippen LogP contribution in [-0.2, 0) is 13.0 Å². The van der Waals surface area contributed by atoms with Crippen molar-refractivity contribution in [3.05, 3.63) is 16.9 Å². The van der Waals surface area contributed by atoms with Crippen LogP contribution in [-0.4, -0.2) is 23.4 Å². The average molecular weight is 188 g/mol. The van der Waals surface area contributed by atoms with Crippen LogP contribution in [0.25, 0.3) is 0 Å². The van der Waals surface area contributed by atoms with Crippen LogP contribution in [0.3, 0.4) is 0 Å². The van der Waals surface area contributed by atoms with Gasteiger partial charge in [0.25, 0.3) is 0 Å². The number of aromatic nitrogens is 2. The SMILES string of the molecule is CCn1ncc(Cl)c1CCNC. The van der Waals surface area contributed by atoms with Crippen molar-refractivity contribution in [2.24, 2.45) is 0 Å². The van der Waals surface area contributed by atoms with Gasteiger partial charge in [-0.3, -0.25) is 4.68 Å². The van der Waals surface area contributed by atoms with Crippen LogP contribution in [0, 0.1) is 0 Å². The van der Waals surface area contributed by atoms with Crippen LogP contribution < -0.4 is 5.32 Å². The minimum atomic E-state index is 0.770. The van der Waals surface area contributed by atoms with Crippen LogP contribution in [0.1, 0.15) is 12.6 Å². The number of nitrogens with zero attached hydrogens (tertiary/aromatic N) is 2. The fourth-order valence-corrected chi connectivity index (χ4v) is 1.39. The van der Waals surface area contributed by atoms with Gasteiger partial charge in [0, 0.05) is 19.5 Å². The van der Waals surface area contributed by atoms with E-state index < -0.39 is 0 Å². The fraction of sp³-hybridized carbons (Fsp3) is 0.625. The number of hydrogen-bond donors (Lipinski definition) is 1. The van der Waals surface area contributed by atoms with E-state index in [9.17, 15) is 0 Å². The molecule has 1 N–H and O–H groups in total. The molecule has 0 fully saturated rings. The van der Waals surface area contributed by atoms with Crippen molar-refractivity contribution in [3.8, 4) is 0 Å². The zero-order valence-electron chi connectivity index (χ0n) is 7.47. The first-order valence-electron chi connectivity index (χ1n) is 4.14. The molecule has 3 nitrogen and oxygen atoms in total. The first-order chi connectivity index (χ1) is 5.79. The second kappa shape index (κ2) is 4.48. The molecular formula is C8H14ClN3. The molecule has 1 heterocycles. The third-order valence-electron chi connectivity index (χ3n) is 1.81. The van der Waals surface area contributed by atoms with E-state index in [2.05, 4.69) is 17.3 Å². The summed E-state index contributed by atoms with van der Waals surface area (Å²) in [6.07, 6.45) is 2.64. The zero-order valence-corrected chi connectivity index (χ0v) is 8.23. The Morgan fingerprint density at radius 2 is 2.42 bits per heavy atom. The van der Waals surface area contributed by atoms with Crippen molar-refractivity contribution in [1.82, 2.24) is 15.1 Å². The Labute approximate surface area is 77.7 Å². The molecule has 0 unspecified atom stereocenters. The van der Waals surface area contributed by atoms with Gasteiger partial charge in [-0.2, -0.15) is 5.10 Å². The van der Waals surface area contributed by atoms with Gasteiger partial charge in [0.2, 0.25) is 0 Å². The van der Waals surface area contributed by atoms with Crippen LogP contribution in [0.2, 0.25) is 5.02 Å². The normalized spacial score (nSPS) is 10.6. The van der Waals surface area contributed by atoms with E-state index >= 15 is 0 Å². The highest BCUT2D eigenvalue weighted by molar-refractivity contribution is 6.31. The van der Waals surface area contributed by atoms with Gasteiger partial charge in [-0.1, -0.05) is 11.6 Å². The van der Waals surface area contributed by atoms with E-state index in [1.807, 2.05) is 11.7 Å². The van der Waals surface area contributed by atoms with Gasteiger partial charge in [0.1, 0.15) is 0 Å². The van der Waals surface area contributed by atoms with Gasteiger partial charge >= 0.3 is 0 Å². The van der Waals surface area contributed by atoms with E-state index in [1.165, 1.54) is 0 Å². The maximum Gasteiger partial charge on any atom is 0.0818 e. The third-order valence-corrected chi connectivity index (χ3v) is 2.12. The first-order valence-corrected chi connectivity index (χ1v) is 4.52. The van der Waals surface area contributed by atoms with Crippen LogP contribution in [0.5, 0.6) is 0 Å². The monoisotopic (exact) mass is 187 g/mol. The Balaban J connectivity index is 2.72. The number of rotatable bonds is 4. The van der Waals surface area contributed by atoms with Crippen molar-refractivity contribution in [2.75, 3.05) is 13.6 Å². The summed E-state index contributed by atoms with van der Waals surface area (Å²) >= 11 is 5.95. The van der Waals surface area contributed by atoms with Crippen molar-refractivity contribution in [3.63, 3.8) is 0 Å². The Morgan fingerprint density at radius 3 is 3.00 bits per heavy atom. The van der Waals surface area contributed by atoms with E-state index in [1.54, 1.807) is 6.20 Å². The molecule has 68 valence electrons. The maximum atomic E-state index is 5.95. The summed E-state index contributed by atoms with van der Waals surface area (Å²) in [6.45, 7) is 3.88. The maximum absolute atomic E-state index is 5.95. The third kappa shape index (κ3) is 1.99. The molecule has 4 heteroatoms. The molecule has 1 aromatic heterocycles. The Hall–Kier alpha value is -0.540. The van der Waals surface area contributed by atoms with Crippen molar-refractivity contribution in [1.29, 1.82) is 0 Å². The van der Waals surface area contributed by atoms with Gasteiger partial charge in [0.15, 0.2) is 0 Å². The molecule has 0 saturated heterocycles. The molecule has 0 spiro atoms. The van der Waals surface area contributed by atoms with Gasteiger partial charge in [0.05, 0.1) is 16.9 Å². The second-order valence-electron chi connectivity index (χ2n) is 2.61. The molecule has 1 aromatic rings. The predicted molar refractivity (Wildman–Crippen MR) is 50.5 cm³/mol. The summed E-state index contributed by atoms with van der Waals surface area (Å²) in [7, 11) is 1.93. The highest BCUT2D eigenvalue weighted by Crippen LogP contribution is 2.14. The number of hydrogen-bond acceptors (Lipinski definition) is 2. The van der Waals surface area contributed by atoms with Crippen molar-refractivity contribution >= 4 is 11.6 Å². The number of likely N-dealkylation sites (N-methyl/N-ethyl adjacent to an activating group) is 1. The summed E-state index contributed by atoms with van der Waals surface area (Å²) in [5.74, 6) is 0. The van der Waals surface area contributed by atoms with Gasteiger partial charge in [-0.05, 0) is 14.0 Å². The average Bonchev–Trinajstić information content (AvgIpc) is 2.43. The van der Waals surface area contributed by atoms with Crippen LogP contribution >= 0.6 is 11.6 Å². The highest BCUT2D eigenvalue weighted by atomic mass is 35.5. The minimum absolute atomic E-state index is 0.770. The number of halogens is 1. The number of nitrogens with one attached hydrogen (secondary N) is 1. The summed E-state index contributed by atoms with van der Waals surface area (Å²) in [5, 5.41) is 8.00. The Morgan fingerprint density at radius 1 is 1.67 bits per heavy atom. The molecule has 0 aliphatic carbocycles. The fourth-order valence-electron chi connectivity index (χ4n) is 1.15. The number of aryl methyl sites for hydroxylation is 1. The molecule has 0 amide bonds. The topological polar surface area (TPSA) is 29.9 Å². The second-order valence-corrected chi connectivity index (χ2v) is 3.02. The highest BCUT2D eigenvalue weighted by Gasteiger charge is 2.05. The first kappa shape index (κ1) is 9.55. The molecular weight excluding hydrogens is 174 g/mol. The largest absolute Gasteiger partial charge is 0.319 e. The molecule has 0 aliphatic heterocycles. The lowest BCUT2D eigenvalue weighted by atomic mass is 10.3. The summed E-state index contributed by atoms with van der Waals surface area (Å²) in [5.41, 5.74) is 1.12. The van der Waals surface area contributed by atoms with E-state index in [0.29, 0.717) is 0 Å². The van der Waals surface area contributed by atoms with Crippen LogP contribution in [0.4, 0.5) is 0 Å². The van der Waals surface area contributed by atoms with Crippen molar-refractivity contribution < 1.29 is 0 Å². The molecule has 0 aromatic carbocycles. The van der Waals surface area contributed by atoms with Crippen LogP contribution in [0.15, 0.2) is 6.20 Å². The smallest absolute Gasteiger partial charge is 0.0818 e. The molecule has 0 saturated carbocycles. The molecule has 0 radical (unpaired) electrons. The van der Waals surface area contributed by atoms with E-state index in [0.717, 1.165) is 30.2 Å². The van der Waals surface area contributed by atoms with E-state index in [-0.39, 0.29) is 0 Å². The predicted octanol–water partition coefficient (Wildman–Crippen LogP) is 1.32. The Bertz CT molecular complexity index is 244. The molecule has 0 bridgehead atoms. The van der Waals surface area contributed by atoms with Crippen molar-refractivity contribution in [2.45, 2.75) is 19.9 Å². The van der Waals surface area contributed by atoms with Gasteiger partial charge in [-0.15, -0.1) is 0 Å². The quantitative estimate of drug-likeness (QED) is 0.771. The van der Waals surface area contributed by atoms with E-state index in [4.69, 9.17) is 11.6 Å². The molecule has 0 aliphatic rings. The van der Waals surface area contributed by atoms with Gasteiger partial charge in [-0.25, -0.2) is 0 Å². The lowest BCUT2D eigenvalue weighted by molar-refractivity contribution is 0.611. The lowest BCUT2D eigenvalue weighted by Crippen LogP contribution is -2.13.